The van der Waals surface area contributed by atoms with Crippen LogP contribution < -0.4 is 4.74 Å². The average Bonchev–Trinajstić information content (AvgIpc) is 3.09. The summed E-state index contributed by atoms with van der Waals surface area (Å²) in [6, 6.07) is 8.29. The zero-order chi connectivity index (χ0) is 12.3. The molecule has 2 rings (SSSR count). The lowest BCUT2D eigenvalue weighted by Crippen LogP contribution is -2.27. The van der Waals surface area contributed by atoms with Crippen molar-refractivity contribution in [3.63, 3.8) is 0 Å². The van der Waals surface area contributed by atoms with E-state index in [1.165, 1.54) is 18.4 Å². The summed E-state index contributed by atoms with van der Waals surface area (Å²) in [6.07, 6.45) is 2.66. The lowest BCUT2D eigenvalue weighted by atomic mass is 10.1. The minimum atomic E-state index is 0.497. The maximum absolute atomic E-state index is 5.24. The second kappa shape index (κ2) is 5.32. The number of hydrogen-bond donors (Lipinski definition) is 1. The Balaban J connectivity index is 1.91. The van der Waals surface area contributed by atoms with Crippen molar-refractivity contribution in [2.24, 2.45) is 5.41 Å². The SMILES string of the molecule is COc1cccc(CN(C)CC2(CS)CC2)c1. The van der Waals surface area contributed by atoms with Crippen LogP contribution in [0.2, 0.25) is 0 Å². The smallest absolute Gasteiger partial charge is 0.119 e. The summed E-state index contributed by atoms with van der Waals surface area (Å²) in [5, 5.41) is 0. The van der Waals surface area contributed by atoms with E-state index in [0.29, 0.717) is 5.41 Å². The topological polar surface area (TPSA) is 12.5 Å². The Kier molecular flexibility index (Phi) is 4.00. The van der Waals surface area contributed by atoms with Crippen LogP contribution in [0, 0.1) is 5.41 Å². The molecule has 17 heavy (non-hydrogen) atoms. The van der Waals surface area contributed by atoms with Gasteiger partial charge in [0.1, 0.15) is 5.75 Å². The maximum Gasteiger partial charge on any atom is 0.119 e. The molecule has 3 heteroatoms. The van der Waals surface area contributed by atoms with Crippen molar-refractivity contribution in [3.8, 4) is 5.75 Å². The molecule has 0 bridgehead atoms. The van der Waals surface area contributed by atoms with Gasteiger partial charge in [0, 0.05) is 13.1 Å². The van der Waals surface area contributed by atoms with E-state index in [2.05, 4.69) is 36.7 Å². The normalized spacial score (nSPS) is 17.2. The van der Waals surface area contributed by atoms with Gasteiger partial charge in [0.15, 0.2) is 0 Å². The van der Waals surface area contributed by atoms with E-state index < -0.39 is 0 Å². The van der Waals surface area contributed by atoms with Crippen LogP contribution in [0.4, 0.5) is 0 Å². The van der Waals surface area contributed by atoms with Crippen molar-refractivity contribution in [3.05, 3.63) is 29.8 Å². The molecule has 0 heterocycles. The molecular formula is C14H21NOS. The summed E-state index contributed by atoms with van der Waals surface area (Å²) in [4.78, 5) is 2.39. The summed E-state index contributed by atoms with van der Waals surface area (Å²) < 4.78 is 5.24. The van der Waals surface area contributed by atoms with Crippen molar-refractivity contribution in [2.45, 2.75) is 19.4 Å². The Hall–Kier alpha value is -0.670. The molecule has 1 aliphatic rings. The monoisotopic (exact) mass is 251 g/mol. The number of rotatable bonds is 6. The fraction of sp³-hybridized carbons (Fsp3) is 0.571. The van der Waals surface area contributed by atoms with Crippen molar-refractivity contribution >= 4 is 12.6 Å². The molecule has 0 aliphatic heterocycles. The van der Waals surface area contributed by atoms with E-state index in [4.69, 9.17) is 4.74 Å². The van der Waals surface area contributed by atoms with Gasteiger partial charge < -0.3 is 9.64 Å². The van der Waals surface area contributed by atoms with Gasteiger partial charge in [-0.25, -0.2) is 0 Å². The molecule has 0 spiro atoms. The molecule has 0 unspecified atom stereocenters. The third-order valence-electron chi connectivity index (χ3n) is 3.48. The Morgan fingerprint density at radius 2 is 2.18 bits per heavy atom. The van der Waals surface area contributed by atoms with Gasteiger partial charge in [0.25, 0.3) is 0 Å². The largest absolute Gasteiger partial charge is 0.497 e. The van der Waals surface area contributed by atoms with Crippen LogP contribution in [-0.4, -0.2) is 31.4 Å². The van der Waals surface area contributed by atoms with E-state index in [-0.39, 0.29) is 0 Å². The molecule has 1 saturated carbocycles. The number of nitrogens with zero attached hydrogens (tertiary/aromatic N) is 1. The van der Waals surface area contributed by atoms with Gasteiger partial charge in [0.2, 0.25) is 0 Å². The number of thiol groups is 1. The maximum atomic E-state index is 5.24. The molecule has 1 aliphatic carbocycles. The minimum absolute atomic E-state index is 0.497. The molecule has 0 aromatic heterocycles. The van der Waals surface area contributed by atoms with E-state index in [0.717, 1.165) is 24.6 Å². The lowest BCUT2D eigenvalue weighted by molar-refractivity contribution is 0.270. The van der Waals surface area contributed by atoms with Crippen molar-refractivity contribution in [1.29, 1.82) is 0 Å². The lowest BCUT2D eigenvalue weighted by Gasteiger charge is -2.22. The molecule has 0 N–H and O–H groups in total. The molecule has 0 saturated heterocycles. The highest BCUT2D eigenvalue weighted by Crippen LogP contribution is 2.47. The fourth-order valence-corrected chi connectivity index (χ4v) is 2.67. The fourth-order valence-electron chi connectivity index (χ4n) is 2.25. The van der Waals surface area contributed by atoms with Gasteiger partial charge in [-0.2, -0.15) is 12.6 Å². The zero-order valence-electron chi connectivity index (χ0n) is 10.6. The second-order valence-electron chi connectivity index (χ2n) is 5.18. The molecule has 1 fully saturated rings. The molecule has 0 atom stereocenters. The highest BCUT2D eigenvalue weighted by molar-refractivity contribution is 7.80. The summed E-state index contributed by atoms with van der Waals surface area (Å²) in [6.45, 7) is 2.13. The third-order valence-corrected chi connectivity index (χ3v) is 4.16. The van der Waals surface area contributed by atoms with E-state index >= 15 is 0 Å². The third kappa shape index (κ3) is 3.39. The van der Waals surface area contributed by atoms with Gasteiger partial charge >= 0.3 is 0 Å². The van der Waals surface area contributed by atoms with Crippen LogP contribution >= 0.6 is 12.6 Å². The first-order valence-corrected chi connectivity index (χ1v) is 6.73. The molecular weight excluding hydrogens is 230 g/mol. The van der Waals surface area contributed by atoms with Crippen molar-refractivity contribution in [1.82, 2.24) is 4.90 Å². The zero-order valence-corrected chi connectivity index (χ0v) is 11.5. The van der Waals surface area contributed by atoms with E-state index in [1.54, 1.807) is 7.11 Å². The Morgan fingerprint density at radius 3 is 2.76 bits per heavy atom. The Labute approximate surface area is 109 Å². The summed E-state index contributed by atoms with van der Waals surface area (Å²) in [5.41, 5.74) is 1.80. The van der Waals surface area contributed by atoms with Crippen LogP contribution in [0.1, 0.15) is 18.4 Å². The predicted octanol–water partition coefficient (Wildman–Crippen LogP) is 2.84. The molecule has 94 valence electrons. The molecule has 0 amide bonds. The van der Waals surface area contributed by atoms with Crippen LogP contribution in [-0.2, 0) is 6.54 Å². The Morgan fingerprint density at radius 1 is 1.41 bits per heavy atom. The van der Waals surface area contributed by atoms with Gasteiger partial charge in [-0.1, -0.05) is 12.1 Å². The van der Waals surface area contributed by atoms with Gasteiger partial charge in [0.05, 0.1) is 7.11 Å². The van der Waals surface area contributed by atoms with Gasteiger partial charge in [-0.3, -0.25) is 0 Å². The summed E-state index contributed by atoms with van der Waals surface area (Å²) in [7, 11) is 3.89. The first-order valence-electron chi connectivity index (χ1n) is 6.10. The summed E-state index contributed by atoms with van der Waals surface area (Å²) >= 11 is 4.45. The van der Waals surface area contributed by atoms with Crippen LogP contribution in [0.3, 0.4) is 0 Å². The van der Waals surface area contributed by atoms with Gasteiger partial charge in [-0.05, 0) is 48.8 Å². The second-order valence-corrected chi connectivity index (χ2v) is 5.50. The molecule has 1 aromatic carbocycles. The first kappa shape index (κ1) is 12.8. The quantitative estimate of drug-likeness (QED) is 0.781. The van der Waals surface area contributed by atoms with E-state index in [9.17, 15) is 0 Å². The summed E-state index contributed by atoms with van der Waals surface area (Å²) in [5.74, 6) is 1.95. The first-order chi connectivity index (χ1) is 8.17. The highest BCUT2D eigenvalue weighted by Gasteiger charge is 2.41. The highest BCUT2D eigenvalue weighted by atomic mass is 32.1. The average molecular weight is 251 g/mol. The van der Waals surface area contributed by atoms with Gasteiger partial charge in [-0.15, -0.1) is 0 Å². The van der Waals surface area contributed by atoms with Crippen LogP contribution in [0.25, 0.3) is 0 Å². The van der Waals surface area contributed by atoms with Crippen LogP contribution in [0.15, 0.2) is 24.3 Å². The minimum Gasteiger partial charge on any atom is -0.497 e. The standard InChI is InChI=1S/C14H21NOS/c1-15(10-14(11-17)6-7-14)9-12-4-3-5-13(8-12)16-2/h3-5,8,17H,6-7,9-11H2,1-2H3. The number of benzene rings is 1. The number of hydrogen-bond acceptors (Lipinski definition) is 3. The van der Waals surface area contributed by atoms with E-state index in [1.807, 2.05) is 12.1 Å². The van der Waals surface area contributed by atoms with Crippen molar-refractivity contribution in [2.75, 3.05) is 26.5 Å². The number of ether oxygens (including phenoxy) is 1. The molecule has 1 aromatic rings. The predicted molar refractivity (Wildman–Crippen MR) is 74.8 cm³/mol. The molecule has 2 nitrogen and oxygen atoms in total. The van der Waals surface area contributed by atoms with Crippen molar-refractivity contribution < 1.29 is 4.74 Å². The Bertz CT molecular complexity index is 376. The van der Waals surface area contributed by atoms with Crippen LogP contribution in [0.5, 0.6) is 5.75 Å². The number of methoxy groups -OCH3 is 1. The molecule has 0 radical (unpaired) electrons.